The highest BCUT2D eigenvalue weighted by Gasteiger charge is 2.28. The van der Waals surface area contributed by atoms with E-state index in [1.54, 1.807) is 12.1 Å². The second kappa shape index (κ2) is 7.61. The minimum Gasteiger partial charge on any atom is -0.493 e. The summed E-state index contributed by atoms with van der Waals surface area (Å²) in [5.41, 5.74) is 0.457. The summed E-state index contributed by atoms with van der Waals surface area (Å²) < 4.78 is 56.2. The highest BCUT2D eigenvalue weighted by molar-refractivity contribution is 6.21. The van der Waals surface area contributed by atoms with Crippen LogP contribution < -0.4 is 14.2 Å². The Morgan fingerprint density at radius 2 is 1.67 bits per heavy atom. The molecule has 0 heterocycles. The summed E-state index contributed by atoms with van der Waals surface area (Å²) in [7, 11) is 4.29. The third kappa shape index (κ3) is 4.86. The summed E-state index contributed by atoms with van der Waals surface area (Å²) in [6.07, 6.45) is -4.39. The molecule has 1 atom stereocenters. The van der Waals surface area contributed by atoms with Crippen molar-refractivity contribution in [3.63, 3.8) is 0 Å². The van der Waals surface area contributed by atoms with Crippen LogP contribution in [-0.2, 0) is 4.74 Å². The van der Waals surface area contributed by atoms with Crippen LogP contribution in [0.4, 0.5) is 13.2 Å². The van der Waals surface area contributed by atoms with Gasteiger partial charge in [0.25, 0.3) is 0 Å². The van der Waals surface area contributed by atoms with Gasteiger partial charge < -0.3 is 18.9 Å². The zero-order valence-electron chi connectivity index (χ0n) is 11.8. The van der Waals surface area contributed by atoms with E-state index in [1.165, 1.54) is 21.3 Å². The first kappa shape index (κ1) is 17.7. The fourth-order valence-corrected chi connectivity index (χ4v) is 2.00. The topological polar surface area (TPSA) is 36.9 Å². The molecule has 1 aromatic carbocycles. The van der Waals surface area contributed by atoms with Crippen molar-refractivity contribution < 1.29 is 32.1 Å². The monoisotopic (exact) mass is 328 g/mol. The van der Waals surface area contributed by atoms with Crippen LogP contribution in [0.3, 0.4) is 0 Å². The van der Waals surface area contributed by atoms with Gasteiger partial charge in [-0.15, -0.1) is 11.6 Å². The van der Waals surface area contributed by atoms with Gasteiger partial charge in [-0.2, -0.15) is 13.2 Å². The SMILES string of the molecule is COc1ccc(C(Cl)COCC(F)(F)F)c(OC)c1OC. The number of rotatable bonds is 7. The number of benzene rings is 1. The Labute approximate surface area is 125 Å². The molecule has 1 rings (SSSR count). The molecule has 0 spiro atoms. The van der Waals surface area contributed by atoms with Crippen LogP contribution in [0.15, 0.2) is 12.1 Å². The fraction of sp³-hybridized carbons (Fsp3) is 0.538. The summed E-state index contributed by atoms with van der Waals surface area (Å²) in [6, 6.07) is 3.19. The quantitative estimate of drug-likeness (QED) is 0.717. The Morgan fingerprint density at radius 1 is 1.05 bits per heavy atom. The first-order valence-electron chi connectivity index (χ1n) is 5.91. The minimum atomic E-state index is -4.39. The summed E-state index contributed by atoms with van der Waals surface area (Å²) >= 11 is 6.07. The van der Waals surface area contributed by atoms with Crippen molar-refractivity contribution in [3.8, 4) is 17.2 Å². The largest absolute Gasteiger partial charge is 0.493 e. The number of halogens is 4. The van der Waals surface area contributed by atoms with Crippen LogP contribution in [0, 0.1) is 0 Å². The van der Waals surface area contributed by atoms with Crippen molar-refractivity contribution in [3.05, 3.63) is 17.7 Å². The first-order valence-corrected chi connectivity index (χ1v) is 6.35. The molecule has 0 N–H and O–H groups in total. The molecule has 0 saturated heterocycles. The third-order valence-electron chi connectivity index (χ3n) is 2.60. The van der Waals surface area contributed by atoms with Gasteiger partial charge in [0.1, 0.15) is 6.61 Å². The van der Waals surface area contributed by atoms with Crippen molar-refractivity contribution >= 4 is 11.6 Å². The molecule has 0 aliphatic heterocycles. The number of methoxy groups -OCH3 is 3. The van der Waals surface area contributed by atoms with Gasteiger partial charge in [0.15, 0.2) is 11.5 Å². The van der Waals surface area contributed by atoms with E-state index < -0.39 is 18.2 Å². The lowest BCUT2D eigenvalue weighted by molar-refractivity contribution is -0.173. The van der Waals surface area contributed by atoms with Crippen molar-refractivity contribution in [2.24, 2.45) is 0 Å². The zero-order chi connectivity index (χ0) is 16.0. The lowest BCUT2D eigenvalue weighted by Gasteiger charge is -2.19. The maximum Gasteiger partial charge on any atom is 0.411 e. The van der Waals surface area contributed by atoms with Crippen LogP contribution in [0.2, 0.25) is 0 Å². The molecular weight excluding hydrogens is 313 g/mol. The predicted molar refractivity (Wildman–Crippen MR) is 71.6 cm³/mol. The molecule has 0 aliphatic carbocycles. The van der Waals surface area contributed by atoms with Gasteiger partial charge in [0.05, 0.1) is 33.3 Å². The van der Waals surface area contributed by atoms with Crippen LogP contribution in [0.5, 0.6) is 17.2 Å². The Kier molecular flexibility index (Phi) is 6.42. The first-order chi connectivity index (χ1) is 9.84. The van der Waals surface area contributed by atoms with E-state index in [1.807, 2.05) is 0 Å². The summed E-state index contributed by atoms with van der Waals surface area (Å²) in [5, 5.41) is -0.817. The average Bonchev–Trinajstić information content (AvgIpc) is 2.43. The van der Waals surface area contributed by atoms with Crippen molar-refractivity contribution in [2.45, 2.75) is 11.6 Å². The van der Waals surface area contributed by atoms with E-state index in [0.717, 1.165) is 0 Å². The summed E-state index contributed by atoms with van der Waals surface area (Å²) in [5.74, 6) is 1.05. The lowest BCUT2D eigenvalue weighted by Crippen LogP contribution is -2.18. The van der Waals surface area contributed by atoms with Crippen molar-refractivity contribution in [1.82, 2.24) is 0 Å². The molecule has 8 heteroatoms. The summed E-state index contributed by atoms with van der Waals surface area (Å²) in [6.45, 7) is -1.67. The maximum atomic E-state index is 12.0. The molecule has 1 unspecified atom stereocenters. The average molecular weight is 329 g/mol. The molecule has 4 nitrogen and oxygen atoms in total. The van der Waals surface area contributed by atoms with Gasteiger partial charge in [-0.3, -0.25) is 0 Å². The number of ether oxygens (including phenoxy) is 4. The smallest absolute Gasteiger partial charge is 0.411 e. The molecular formula is C13H16ClF3O4. The van der Waals surface area contributed by atoms with E-state index in [-0.39, 0.29) is 6.61 Å². The molecule has 120 valence electrons. The fourth-order valence-electron chi connectivity index (χ4n) is 1.74. The van der Waals surface area contributed by atoms with Gasteiger partial charge in [0.2, 0.25) is 5.75 Å². The minimum absolute atomic E-state index is 0.299. The zero-order valence-corrected chi connectivity index (χ0v) is 12.5. The van der Waals surface area contributed by atoms with Crippen molar-refractivity contribution in [1.29, 1.82) is 0 Å². The van der Waals surface area contributed by atoms with E-state index >= 15 is 0 Å². The second-order valence-electron chi connectivity index (χ2n) is 4.02. The number of hydrogen-bond acceptors (Lipinski definition) is 4. The van der Waals surface area contributed by atoms with Crippen LogP contribution in [-0.4, -0.2) is 40.7 Å². The van der Waals surface area contributed by atoms with Crippen LogP contribution >= 0.6 is 11.6 Å². The van der Waals surface area contributed by atoms with Crippen LogP contribution in [0.25, 0.3) is 0 Å². The normalized spacial score (nSPS) is 12.9. The highest BCUT2D eigenvalue weighted by Crippen LogP contribution is 2.43. The predicted octanol–water partition coefficient (Wildman–Crippen LogP) is 3.57. The third-order valence-corrected chi connectivity index (χ3v) is 2.96. The molecule has 0 aliphatic rings. The van der Waals surface area contributed by atoms with E-state index in [9.17, 15) is 13.2 Å². The molecule has 1 aromatic rings. The number of hydrogen-bond donors (Lipinski definition) is 0. The molecule has 0 amide bonds. The van der Waals surface area contributed by atoms with Gasteiger partial charge in [-0.1, -0.05) is 0 Å². The van der Waals surface area contributed by atoms with E-state index in [4.69, 9.17) is 25.8 Å². The Bertz CT molecular complexity index is 465. The maximum absolute atomic E-state index is 12.0. The molecule has 0 fully saturated rings. The van der Waals surface area contributed by atoms with Gasteiger partial charge in [0, 0.05) is 5.56 Å². The molecule has 0 aromatic heterocycles. The molecule has 0 saturated carbocycles. The van der Waals surface area contributed by atoms with Gasteiger partial charge in [-0.25, -0.2) is 0 Å². The van der Waals surface area contributed by atoms with Gasteiger partial charge >= 0.3 is 6.18 Å². The number of alkyl halides is 4. The highest BCUT2D eigenvalue weighted by atomic mass is 35.5. The Hall–Kier alpha value is -1.34. The molecule has 0 bridgehead atoms. The molecule has 0 radical (unpaired) electrons. The van der Waals surface area contributed by atoms with Crippen LogP contribution in [0.1, 0.15) is 10.9 Å². The molecule has 21 heavy (non-hydrogen) atoms. The standard InChI is InChI=1S/C13H16ClF3O4/c1-18-10-5-4-8(11(19-2)12(10)20-3)9(14)6-21-7-13(15,16)17/h4-5,9H,6-7H2,1-3H3. The summed E-state index contributed by atoms with van der Waals surface area (Å²) in [4.78, 5) is 0. The lowest BCUT2D eigenvalue weighted by atomic mass is 10.1. The van der Waals surface area contributed by atoms with Gasteiger partial charge in [-0.05, 0) is 12.1 Å². The van der Waals surface area contributed by atoms with E-state index in [2.05, 4.69) is 4.74 Å². The Balaban J connectivity index is 2.91. The Morgan fingerprint density at radius 3 is 2.14 bits per heavy atom. The second-order valence-corrected chi connectivity index (χ2v) is 4.55. The van der Waals surface area contributed by atoms with E-state index in [0.29, 0.717) is 22.8 Å². The van der Waals surface area contributed by atoms with Crippen molar-refractivity contribution in [2.75, 3.05) is 34.5 Å².